The van der Waals surface area contributed by atoms with Gasteiger partial charge in [-0.2, -0.15) is 0 Å². The Labute approximate surface area is 188 Å². The van der Waals surface area contributed by atoms with Gasteiger partial charge in [0.15, 0.2) is 5.78 Å². The Morgan fingerprint density at radius 1 is 1.12 bits per heavy atom. The van der Waals surface area contributed by atoms with E-state index in [9.17, 15) is 9.59 Å². The number of hydrogen-bond acceptors (Lipinski definition) is 5. The molecule has 2 atom stereocenters. The monoisotopic (exact) mass is 430 g/mol. The minimum atomic E-state index is -0.296. The second-order valence-corrected chi connectivity index (χ2v) is 8.42. The van der Waals surface area contributed by atoms with E-state index in [1.807, 2.05) is 43.4 Å². The summed E-state index contributed by atoms with van der Waals surface area (Å²) in [6.45, 7) is 0.654. The van der Waals surface area contributed by atoms with Gasteiger partial charge in [0.2, 0.25) is 5.91 Å². The van der Waals surface area contributed by atoms with Crippen molar-refractivity contribution < 1.29 is 9.59 Å². The van der Waals surface area contributed by atoms with Crippen molar-refractivity contribution in [3.8, 4) is 0 Å². The third-order valence-corrected chi connectivity index (χ3v) is 6.41. The molecule has 1 aliphatic rings. The first kappa shape index (κ1) is 22.0. The maximum atomic E-state index is 13.0. The minimum Gasteiger partial charge on any atom is -0.383 e. The first-order valence-corrected chi connectivity index (χ1v) is 11.2. The quantitative estimate of drug-likeness (QED) is 0.545. The number of nitrogens with one attached hydrogen (secondary N) is 1. The topological polar surface area (TPSA) is 88.3 Å². The van der Waals surface area contributed by atoms with Gasteiger partial charge in [0.25, 0.3) is 0 Å². The molecule has 1 aromatic heterocycles. The maximum Gasteiger partial charge on any atom is 0.240 e. The molecule has 3 N–H and O–H groups in total. The highest BCUT2D eigenvalue weighted by molar-refractivity contribution is 5.93. The standard InChI is InChI=1S/C26H30N4O2/c1-28-22(11-8-18-5-3-2-4-6-18)26(32)30-16-14-23(30)24(31)12-9-19-7-10-21-20(17-19)13-15-29-25(21)27/h2-7,10,13,15,17,22-23,28H,8-9,11-12,14,16H2,1H3,(H2,27,29)/t22-,23+/m1/s1. The molecule has 166 valence electrons. The Hall–Kier alpha value is -3.25. The lowest BCUT2D eigenvalue weighted by Gasteiger charge is -2.41. The van der Waals surface area contributed by atoms with Crippen LogP contribution in [0.15, 0.2) is 60.8 Å². The van der Waals surface area contributed by atoms with Gasteiger partial charge in [0.05, 0.1) is 12.1 Å². The second kappa shape index (κ2) is 9.92. The van der Waals surface area contributed by atoms with E-state index in [-0.39, 0.29) is 23.8 Å². The van der Waals surface area contributed by atoms with Crippen molar-refractivity contribution in [3.63, 3.8) is 0 Å². The van der Waals surface area contributed by atoms with Gasteiger partial charge in [-0.15, -0.1) is 0 Å². The van der Waals surface area contributed by atoms with E-state index < -0.39 is 0 Å². The summed E-state index contributed by atoms with van der Waals surface area (Å²) in [6, 6.07) is 17.5. The zero-order chi connectivity index (χ0) is 22.5. The number of fused-ring (bicyclic) bond motifs is 1. The van der Waals surface area contributed by atoms with Gasteiger partial charge in [0.1, 0.15) is 5.82 Å². The molecule has 0 saturated carbocycles. The molecule has 1 saturated heterocycles. The van der Waals surface area contributed by atoms with Crippen molar-refractivity contribution in [2.75, 3.05) is 19.3 Å². The number of aryl methyl sites for hydroxylation is 2. The van der Waals surface area contributed by atoms with E-state index in [2.05, 4.69) is 28.5 Å². The molecule has 0 aliphatic carbocycles. The van der Waals surface area contributed by atoms with Crippen molar-refractivity contribution in [1.29, 1.82) is 0 Å². The van der Waals surface area contributed by atoms with E-state index in [1.165, 1.54) is 5.56 Å². The number of amides is 1. The number of carbonyl (C=O) groups is 2. The maximum absolute atomic E-state index is 13.0. The third-order valence-electron chi connectivity index (χ3n) is 6.41. The Bertz CT molecular complexity index is 1100. The molecule has 6 heteroatoms. The van der Waals surface area contributed by atoms with Gasteiger partial charge in [0, 0.05) is 24.5 Å². The van der Waals surface area contributed by atoms with Crippen LogP contribution in [0, 0.1) is 0 Å². The minimum absolute atomic E-state index is 0.0294. The summed E-state index contributed by atoms with van der Waals surface area (Å²) >= 11 is 0. The highest BCUT2D eigenvalue weighted by Gasteiger charge is 2.39. The first-order valence-electron chi connectivity index (χ1n) is 11.2. The molecule has 1 fully saturated rings. The molecule has 3 aromatic rings. The number of Topliss-reactive ketones (excluding diaryl/α,β-unsaturated/α-hetero) is 1. The number of nitrogen functional groups attached to an aromatic ring is 1. The van der Waals surface area contributed by atoms with Crippen LogP contribution in [0.25, 0.3) is 10.8 Å². The number of hydrogen-bond donors (Lipinski definition) is 2. The van der Waals surface area contributed by atoms with Crippen LogP contribution < -0.4 is 11.1 Å². The highest BCUT2D eigenvalue weighted by Crippen LogP contribution is 2.24. The van der Waals surface area contributed by atoms with Crippen LogP contribution in [0.2, 0.25) is 0 Å². The fraction of sp³-hybridized carbons (Fsp3) is 0.346. The van der Waals surface area contributed by atoms with E-state index >= 15 is 0 Å². The molecule has 4 rings (SSSR count). The summed E-state index contributed by atoms with van der Waals surface area (Å²) in [6.07, 6.45) is 5.06. The average Bonchev–Trinajstić information content (AvgIpc) is 2.78. The normalized spacial score (nSPS) is 16.5. The molecule has 6 nitrogen and oxygen atoms in total. The number of nitrogens with zero attached hydrogens (tertiary/aromatic N) is 2. The number of likely N-dealkylation sites (tertiary alicyclic amines) is 1. The predicted molar refractivity (Wildman–Crippen MR) is 127 cm³/mol. The van der Waals surface area contributed by atoms with Gasteiger partial charge in [-0.05, 0) is 55.3 Å². The largest absolute Gasteiger partial charge is 0.383 e. The van der Waals surface area contributed by atoms with E-state index in [4.69, 9.17) is 5.73 Å². The summed E-state index contributed by atoms with van der Waals surface area (Å²) < 4.78 is 0. The van der Waals surface area contributed by atoms with Crippen molar-refractivity contribution in [1.82, 2.24) is 15.2 Å². The Balaban J connectivity index is 1.32. The van der Waals surface area contributed by atoms with Crippen LogP contribution >= 0.6 is 0 Å². The molecule has 0 unspecified atom stereocenters. The SMILES string of the molecule is CN[C@H](CCc1ccccc1)C(=O)N1CC[C@H]1C(=O)CCc1ccc2c(N)nccc2c1. The number of rotatable bonds is 9. The van der Waals surface area contributed by atoms with Crippen molar-refractivity contribution in [2.24, 2.45) is 0 Å². The number of benzene rings is 2. The number of pyridine rings is 1. The van der Waals surface area contributed by atoms with Crippen LogP contribution in [0.4, 0.5) is 5.82 Å². The molecule has 0 radical (unpaired) electrons. The fourth-order valence-electron chi connectivity index (χ4n) is 4.37. The lowest BCUT2D eigenvalue weighted by Crippen LogP contribution is -2.59. The zero-order valence-electron chi connectivity index (χ0n) is 18.5. The van der Waals surface area contributed by atoms with Crippen molar-refractivity contribution in [2.45, 2.75) is 44.2 Å². The number of ketones is 1. The van der Waals surface area contributed by atoms with Crippen LogP contribution in [-0.2, 0) is 22.4 Å². The van der Waals surface area contributed by atoms with Crippen LogP contribution in [0.3, 0.4) is 0 Å². The van der Waals surface area contributed by atoms with Gasteiger partial charge in [-0.25, -0.2) is 4.98 Å². The Morgan fingerprint density at radius 3 is 2.66 bits per heavy atom. The Morgan fingerprint density at radius 2 is 1.94 bits per heavy atom. The summed E-state index contributed by atoms with van der Waals surface area (Å²) in [5.41, 5.74) is 8.22. The molecule has 0 bridgehead atoms. The van der Waals surface area contributed by atoms with Gasteiger partial charge in [-0.3, -0.25) is 9.59 Å². The van der Waals surface area contributed by atoms with E-state index in [0.717, 1.165) is 29.2 Å². The van der Waals surface area contributed by atoms with Crippen LogP contribution in [0.5, 0.6) is 0 Å². The van der Waals surface area contributed by atoms with Crippen LogP contribution in [-0.4, -0.2) is 47.3 Å². The molecule has 1 aliphatic heterocycles. The van der Waals surface area contributed by atoms with E-state index in [1.54, 1.807) is 11.1 Å². The van der Waals surface area contributed by atoms with E-state index in [0.29, 0.717) is 31.6 Å². The van der Waals surface area contributed by atoms with Gasteiger partial charge >= 0.3 is 0 Å². The number of anilines is 1. The second-order valence-electron chi connectivity index (χ2n) is 8.42. The third kappa shape index (κ3) is 4.81. The first-order chi connectivity index (χ1) is 15.6. The molecule has 2 aromatic carbocycles. The lowest BCUT2D eigenvalue weighted by atomic mass is 9.92. The van der Waals surface area contributed by atoms with Gasteiger partial charge in [-0.1, -0.05) is 48.5 Å². The fourth-order valence-corrected chi connectivity index (χ4v) is 4.37. The molecule has 32 heavy (non-hydrogen) atoms. The molecular weight excluding hydrogens is 400 g/mol. The smallest absolute Gasteiger partial charge is 0.240 e. The van der Waals surface area contributed by atoms with Gasteiger partial charge < -0.3 is 16.0 Å². The number of carbonyl (C=O) groups excluding carboxylic acids is 2. The number of aromatic nitrogens is 1. The zero-order valence-corrected chi connectivity index (χ0v) is 18.5. The van der Waals surface area contributed by atoms with Crippen molar-refractivity contribution >= 4 is 28.3 Å². The van der Waals surface area contributed by atoms with Crippen LogP contribution in [0.1, 0.15) is 30.4 Å². The lowest BCUT2D eigenvalue weighted by molar-refractivity contribution is -0.148. The predicted octanol–water partition coefficient (Wildman–Crippen LogP) is 3.14. The summed E-state index contributed by atoms with van der Waals surface area (Å²) in [5.74, 6) is 0.679. The average molecular weight is 431 g/mol. The van der Waals surface area contributed by atoms with Crippen molar-refractivity contribution in [3.05, 3.63) is 71.9 Å². The molecular formula is C26H30N4O2. The highest BCUT2D eigenvalue weighted by atomic mass is 16.2. The summed E-state index contributed by atoms with van der Waals surface area (Å²) in [7, 11) is 1.81. The summed E-state index contributed by atoms with van der Waals surface area (Å²) in [5, 5.41) is 5.09. The molecule has 1 amide bonds. The molecule has 0 spiro atoms. The number of likely N-dealkylation sites (N-methyl/N-ethyl adjacent to an activating group) is 1. The number of nitrogens with two attached hydrogens (primary N) is 1. The Kier molecular flexibility index (Phi) is 6.81. The molecule has 2 heterocycles. The summed E-state index contributed by atoms with van der Waals surface area (Å²) in [4.78, 5) is 31.8.